The van der Waals surface area contributed by atoms with Crippen molar-refractivity contribution in [2.24, 2.45) is 0 Å². The van der Waals surface area contributed by atoms with Crippen LogP contribution in [-0.2, 0) is 13.0 Å². The summed E-state index contributed by atoms with van der Waals surface area (Å²) in [6.07, 6.45) is 1.09. The smallest absolute Gasteiger partial charge is 0.0367 e. The molecule has 1 aliphatic rings. The van der Waals surface area contributed by atoms with Gasteiger partial charge in [-0.05, 0) is 42.5 Å². The highest BCUT2D eigenvalue weighted by atomic mass is 14.9. The highest BCUT2D eigenvalue weighted by Crippen LogP contribution is 2.28. The Kier molecular flexibility index (Phi) is 2.92. The number of hydrogen-bond donors (Lipinski definition) is 1. The molecule has 0 aliphatic carbocycles. The minimum Gasteiger partial charge on any atom is -0.306 e. The Labute approximate surface area is 109 Å². The first-order valence-corrected chi connectivity index (χ1v) is 6.61. The topological polar surface area (TPSA) is 12.0 Å². The number of aryl methyl sites for hydroxylation is 2. The van der Waals surface area contributed by atoms with E-state index in [2.05, 4.69) is 61.6 Å². The van der Waals surface area contributed by atoms with Crippen LogP contribution in [0.25, 0.3) is 0 Å². The van der Waals surface area contributed by atoms with E-state index < -0.39 is 0 Å². The summed E-state index contributed by atoms with van der Waals surface area (Å²) in [7, 11) is 0. The highest BCUT2D eigenvalue weighted by Gasteiger charge is 2.21. The molecule has 0 saturated carbocycles. The van der Waals surface area contributed by atoms with Crippen molar-refractivity contribution < 1.29 is 0 Å². The summed E-state index contributed by atoms with van der Waals surface area (Å²) in [4.78, 5) is 0. The second-order valence-corrected chi connectivity index (χ2v) is 5.27. The van der Waals surface area contributed by atoms with Gasteiger partial charge < -0.3 is 5.32 Å². The standard InChI is InChI=1S/C17H19N/c1-12-7-8-13(2)15(9-12)10-17-16-6-4-3-5-14(16)11-18-17/h3-9,17-18H,10-11H2,1-2H3. The van der Waals surface area contributed by atoms with Crippen LogP contribution in [-0.4, -0.2) is 0 Å². The third-order valence-corrected chi connectivity index (χ3v) is 3.90. The first kappa shape index (κ1) is 11.5. The molecule has 1 aliphatic heterocycles. The van der Waals surface area contributed by atoms with Crippen molar-refractivity contribution in [2.45, 2.75) is 32.9 Å². The molecule has 3 rings (SSSR count). The molecule has 0 spiro atoms. The van der Waals surface area contributed by atoms with Crippen molar-refractivity contribution in [3.05, 3.63) is 70.3 Å². The van der Waals surface area contributed by atoms with Crippen LogP contribution in [0, 0.1) is 13.8 Å². The van der Waals surface area contributed by atoms with Gasteiger partial charge >= 0.3 is 0 Å². The van der Waals surface area contributed by atoms with E-state index >= 15 is 0 Å². The normalized spacial score (nSPS) is 17.8. The maximum Gasteiger partial charge on any atom is 0.0367 e. The van der Waals surface area contributed by atoms with Gasteiger partial charge in [-0.1, -0.05) is 48.0 Å². The number of benzene rings is 2. The van der Waals surface area contributed by atoms with Crippen molar-refractivity contribution in [3.63, 3.8) is 0 Å². The number of fused-ring (bicyclic) bond motifs is 1. The molecule has 0 amide bonds. The van der Waals surface area contributed by atoms with Crippen LogP contribution < -0.4 is 5.32 Å². The zero-order valence-corrected chi connectivity index (χ0v) is 11.0. The van der Waals surface area contributed by atoms with Gasteiger partial charge in [0.25, 0.3) is 0 Å². The van der Waals surface area contributed by atoms with Crippen molar-refractivity contribution in [1.29, 1.82) is 0 Å². The quantitative estimate of drug-likeness (QED) is 0.840. The number of nitrogens with one attached hydrogen (secondary N) is 1. The second kappa shape index (κ2) is 4.58. The summed E-state index contributed by atoms with van der Waals surface area (Å²) in [6, 6.07) is 16.0. The Morgan fingerprint density at radius 1 is 1.11 bits per heavy atom. The molecule has 2 aromatic rings. The molecule has 0 saturated heterocycles. The van der Waals surface area contributed by atoms with E-state index in [-0.39, 0.29) is 0 Å². The Balaban J connectivity index is 1.88. The zero-order chi connectivity index (χ0) is 12.5. The molecule has 1 nitrogen and oxygen atoms in total. The van der Waals surface area contributed by atoms with Crippen LogP contribution in [0.3, 0.4) is 0 Å². The van der Waals surface area contributed by atoms with Gasteiger partial charge in [0, 0.05) is 12.6 Å². The first-order valence-electron chi connectivity index (χ1n) is 6.61. The first-order chi connectivity index (χ1) is 8.74. The molecule has 1 atom stereocenters. The average molecular weight is 237 g/mol. The second-order valence-electron chi connectivity index (χ2n) is 5.27. The Bertz CT molecular complexity index is 572. The molecular formula is C17H19N. The van der Waals surface area contributed by atoms with E-state index in [4.69, 9.17) is 0 Å². The van der Waals surface area contributed by atoms with Crippen LogP contribution in [0.5, 0.6) is 0 Å². The summed E-state index contributed by atoms with van der Waals surface area (Å²) >= 11 is 0. The summed E-state index contributed by atoms with van der Waals surface area (Å²) in [6.45, 7) is 5.38. The van der Waals surface area contributed by atoms with Crippen LogP contribution >= 0.6 is 0 Å². The predicted octanol–water partition coefficient (Wildman–Crippen LogP) is 3.69. The third-order valence-electron chi connectivity index (χ3n) is 3.90. The number of hydrogen-bond acceptors (Lipinski definition) is 1. The summed E-state index contributed by atoms with van der Waals surface area (Å²) < 4.78 is 0. The molecular weight excluding hydrogens is 218 g/mol. The van der Waals surface area contributed by atoms with Crippen LogP contribution in [0.4, 0.5) is 0 Å². The van der Waals surface area contributed by atoms with E-state index in [0.717, 1.165) is 13.0 Å². The monoisotopic (exact) mass is 237 g/mol. The molecule has 1 heterocycles. The van der Waals surface area contributed by atoms with Crippen LogP contribution in [0.2, 0.25) is 0 Å². The van der Waals surface area contributed by atoms with Gasteiger partial charge in [0.05, 0.1) is 0 Å². The van der Waals surface area contributed by atoms with E-state index in [9.17, 15) is 0 Å². The fourth-order valence-electron chi connectivity index (χ4n) is 2.80. The lowest BCUT2D eigenvalue weighted by molar-refractivity contribution is 0.579. The maximum atomic E-state index is 3.62. The lowest BCUT2D eigenvalue weighted by Gasteiger charge is -2.14. The fourth-order valence-corrected chi connectivity index (χ4v) is 2.80. The largest absolute Gasteiger partial charge is 0.306 e. The molecule has 0 bridgehead atoms. The van der Waals surface area contributed by atoms with Crippen LogP contribution in [0.15, 0.2) is 42.5 Å². The SMILES string of the molecule is Cc1ccc(C)c(CC2NCc3ccccc32)c1. The van der Waals surface area contributed by atoms with E-state index in [1.165, 1.54) is 27.8 Å². The van der Waals surface area contributed by atoms with Gasteiger partial charge in [0.15, 0.2) is 0 Å². The predicted molar refractivity (Wildman–Crippen MR) is 75.6 cm³/mol. The van der Waals surface area contributed by atoms with E-state index in [1.807, 2.05) is 0 Å². The van der Waals surface area contributed by atoms with Crippen LogP contribution in [0.1, 0.15) is 33.9 Å². The molecule has 0 fully saturated rings. The highest BCUT2D eigenvalue weighted by molar-refractivity contribution is 5.37. The molecule has 0 radical (unpaired) electrons. The summed E-state index contributed by atoms with van der Waals surface area (Å²) in [5.74, 6) is 0. The van der Waals surface area contributed by atoms with Gasteiger partial charge in [-0.25, -0.2) is 0 Å². The van der Waals surface area contributed by atoms with Crippen molar-refractivity contribution >= 4 is 0 Å². The Hall–Kier alpha value is -1.60. The fraction of sp³-hybridized carbons (Fsp3) is 0.294. The summed E-state index contributed by atoms with van der Waals surface area (Å²) in [5, 5.41) is 3.62. The van der Waals surface area contributed by atoms with E-state index in [1.54, 1.807) is 0 Å². The van der Waals surface area contributed by atoms with E-state index in [0.29, 0.717) is 6.04 Å². The third kappa shape index (κ3) is 2.06. The Morgan fingerprint density at radius 2 is 1.94 bits per heavy atom. The molecule has 1 heteroatoms. The maximum absolute atomic E-state index is 3.62. The van der Waals surface area contributed by atoms with Crippen molar-refractivity contribution in [3.8, 4) is 0 Å². The van der Waals surface area contributed by atoms with Gasteiger partial charge in [0.1, 0.15) is 0 Å². The lowest BCUT2D eigenvalue weighted by atomic mass is 9.95. The Morgan fingerprint density at radius 3 is 2.83 bits per heavy atom. The molecule has 92 valence electrons. The molecule has 1 unspecified atom stereocenters. The summed E-state index contributed by atoms with van der Waals surface area (Å²) in [5.41, 5.74) is 7.13. The van der Waals surface area contributed by atoms with Crippen molar-refractivity contribution in [2.75, 3.05) is 0 Å². The molecule has 0 aromatic heterocycles. The number of rotatable bonds is 2. The van der Waals surface area contributed by atoms with Gasteiger partial charge in [0.2, 0.25) is 0 Å². The average Bonchev–Trinajstić information content (AvgIpc) is 2.78. The molecule has 2 aromatic carbocycles. The molecule has 1 N–H and O–H groups in total. The van der Waals surface area contributed by atoms with Crippen molar-refractivity contribution in [1.82, 2.24) is 5.32 Å². The zero-order valence-electron chi connectivity index (χ0n) is 11.0. The van der Waals surface area contributed by atoms with Gasteiger partial charge in [-0.2, -0.15) is 0 Å². The lowest BCUT2D eigenvalue weighted by Crippen LogP contribution is -2.15. The van der Waals surface area contributed by atoms with Gasteiger partial charge in [-0.3, -0.25) is 0 Å². The molecule has 18 heavy (non-hydrogen) atoms. The minimum absolute atomic E-state index is 0.474. The minimum atomic E-state index is 0.474. The van der Waals surface area contributed by atoms with Gasteiger partial charge in [-0.15, -0.1) is 0 Å².